The van der Waals surface area contributed by atoms with Gasteiger partial charge < -0.3 is 15.4 Å². The molecule has 0 radical (unpaired) electrons. The molecule has 1 aromatic heterocycles. The minimum atomic E-state index is -0.237. The van der Waals surface area contributed by atoms with Crippen molar-refractivity contribution >= 4 is 17.5 Å². The van der Waals surface area contributed by atoms with Crippen LogP contribution in [0.2, 0.25) is 0 Å². The number of hydrogen-bond acceptors (Lipinski definition) is 6. The van der Waals surface area contributed by atoms with Crippen molar-refractivity contribution in [3.63, 3.8) is 0 Å². The minimum Gasteiger partial charge on any atom is -0.492 e. The molecule has 1 atom stereocenters. The summed E-state index contributed by atoms with van der Waals surface area (Å²) in [5, 5.41) is 16.1. The molecule has 7 heteroatoms. The van der Waals surface area contributed by atoms with Crippen molar-refractivity contribution in [2.45, 2.75) is 31.6 Å². The Kier molecular flexibility index (Phi) is 5.13. The molecular formula is C24H22FN5O. The fraction of sp³-hybridized carbons (Fsp3) is 0.292. The van der Waals surface area contributed by atoms with Crippen LogP contribution in [-0.4, -0.2) is 23.1 Å². The van der Waals surface area contributed by atoms with Crippen LogP contribution in [0, 0.1) is 17.1 Å². The molecule has 0 saturated heterocycles. The Hall–Kier alpha value is -3.66. The highest BCUT2D eigenvalue weighted by Crippen LogP contribution is 2.40. The summed E-state index contributed by atoms with van der Waals surface area (Å²) in [5.41, 5.74) is 4.43. The molecule has 31 heavy (non-hydrogen) atoms. The van der Waals surface area contributed by atoms with Crippen molar-refractivity contribution in [1.29, 1.82) is 5.26 Å². The number of nitrogens with zero attached hydrogens (tertiary/aromatic N) is 3. The lowest BCUT2D eigenvalue weighted by molar-refractivity contribution is 0.308. The van der Waals surface area contributed by atoms with Crippen molar-refractivity contribution in [2.75, 3.05) is 23.8 Å². The maximum Gasteiger partial charge on any atom is 0.229 e. The van der Waals surface area contributed by atoms with Crippen molar-refractivity contribution < 1.29 is 9.13 Å². The first-order valence-electron chi connectivity index (χ1n) is 10.6. The van der Waals surface area contributed by atoms with E-state index in [1.165, 1.54) is 12.1 Å². The molecule has 2 aromatic carbocycles. The Morgan fingerprint density at radius 3 is 2.81 bits per heavy atom. The van der Waals surface area contributed by atoms with Crippen LogP contribution >= 0.6 is 0 Å². The van der Waals surface area contributed by atoms with E-state index in [1.54, 1.807) is 6.07 Å². The van der Waals surface area contributed by atoms with E-state index in [2.05, 4.69) is 16.7 Å². The fourth-order valence-electron chi connectivity index (χ4n) is 4.24. The number of ether oxygens (including phenoxy) is 1. The largest absolute Gasteiger partial charge is 0.492 e. The van der Waals surface area contributed by atoms with E-state index in [4.69, 9.17) is 14.7 Å². The van der Waals surface area contributed by atoms with Gasteiger partial charge in [0.15, 0.2) is 0 Å². The number of nitriles is 1. The smallest absolute Gasteiger partial charge is 0.229 e. The highest BCUT2D eigenvalue weighted by molar-refractivity contribution is 5.63. The highest BCUT2D eigenvalue weighted by atomic mass is 19.1. The zero-order valence-electron chi connectivity index (χ0n) is 17.0. The predicted octanol–water partition coefficient (Wildman–Crippen LogP) is 4.89. The standard InChI is InChI=1S/C24H22FN5O/c25-17-6-3-15(4-7-17)19-9-10-20-22(19)29-24-28-18-8-5-16(14-26)21(13-18)31-12-2-1-11-27-23(20)30-24/h3-8,13,19H,1-2,9-12H2,(H2,27,28,29,30). The molecule has 6 nitrogen and oxygen atoms in total. The summed E-state index contributed by atoms with van der Waals surface area (Å²) in [6.07, 6.45) is 3.59. The summed E-state index contributed by atoms with van der Waals surface area (Å²) in [6, 6.07) is 14.2. The van der Waals surface area contributed by atoms with E-state index in [0.29, 0.717) is 23.9 Å². The van der Waals surface area contributed by atoms with E-state index in [1.807, 2.05) is 24.3 Å². The summed E-state index contributed by atoms with van der Waals surface area (Å²) >= 11 is 0. The molecule has 1 aliphatic heterocycles. The minimum absolute atomic E-state index is 0.107. The summed E-state index contributed by atoms with van der Waals surface area (Å²) in [7, 11) is 0. The highest BCUT2D eigenvalue weighted by Gasteiger charge is 2.29. The Morgan fingerprint density at radius 2 is 1.97 bits per heavy atom. The molecule has 2 heterocycles. The molecule has 3 aromatic rings. The van der Waals surface area contributed by atoms with Gasteiger partial charge in [0.1, 0.15) is 23.5 Å². The summed E-state index contributed by atoms with van der Waals surface area (Å²) < 4.78 is 19.3. The summed E-state index contributed by atoms with van der Waals surface area (Å²) in [5.74, 6) is 1.77. The van der Waals surface area contributed by atoms with Crippen molar-refractivity contribution in [2.24, 2.45) is 0 Å². The first-order chi connectivity index (χ1) is 15.2. The van der Waals surface area contributed by atoms with Crippen LogP contribution < -0.4 is 15.4 Å². The number of halogens is 1. The third-order valence-corrected chi connectivity index (χ3v) is 5.80. The molecule has 2 N–H and O–H groups in total. The molecule has 0 spiro atoms. The lowest BCUT2D eigenvalue weighted by atomic mass is 9.97. The monoisotopic (exact) mass is 415 g/mol. The third kappa shape index (κ3) is 3.89. The quantitative estimate of drug-likeness (QED) is 0.589. The number of rotatable bonds is 1. The number of fused-ring (bicyclic) bond motifs is 6. The SMILES string of the molecule is N#Cc1ccc2cc1OCCCCNc1nc(nc3c1CCC3c1ccc(F)cc1)N2. The number of anilines is 3. The molecular weight excluding hydrogens is 393 g/mol. The van der Waals surface area contributed by atoms with Gasteiger partial charge in [-0.05, 0) is 55.5 Å². The summed E-state index contributed by atoms with van der Waals surface area (Å²) in [6.45, 7) is 1.32. The van der Waals surface area contributed by atoms with Gasteiger partial charge in [0.25, 0.3) is 0 Å². The van der Waals surface area contributed by atoms with Crippen LogP contribution in [0.4, 0.5) is 21.8 Å². The number of hydrogen-bond donors (Lipinski definition) is 2. The third-order valence-electron chi connectivity index (χ3n) is 5.80. The first kappa shape index (κ1) is 19.3. The Bertz CT molecular complexity index is 1160. The first-order valence-corrected chi connectivity index (χ1v) is 10.6. The molecule has 1 aliphatic carbocycles. The second-order valence-electron chi connectivity index (χ2n) is 7.83. The summed E-state index contributed by atoms with van der Waals surface area (Å²) in [4.78, 5) is 9.60. The van der Waals surface area contributed by atoms with Gasteiger partial charge in [-0.3, -0.25) is 0 Å². The van der Waals surface area contributed by atoms with Gasteiger partial charge in [0.2, 0.25) is 5.95 Å². The van der Waals surface area contributed by atoms with Crippen LogP contribution in [0.1, 0.15) is 47.6 Å². The van der Waals surface area contributed by atoms with Gasteiger partial charge in [0, 0.05) is 29.8 Å². The van der Waals surface area contributed by atoms with Crippen molar-refractivity contribution in [3.8, 4) is 11.8 Å². The molecule has 4 bridgehead atoms. The molecule has 1 unspecified atom stereocenters. The van der Waals surface area contributed by atoms with Gasteiger partial charge in [-0.1, -0.05) is 12.1 Å². The Balaban J connectivity index is 1.56. The average Bonchev–Trinajstić information content (AvgIpc) is 3.20. The average molecular weight is 415 g/mol. The maximum atomic E-state index is 13.4. The molecule has 0 fully saturated rings. The molecule has 5 rings (SSSR count). The van der Waals surface area contributed by atoms with E-state index >= 15 is 0 Å². The zero-order valence-corrected chi connectivity index (χ0v) is 17.0. The molecule has 156 valence electrons. The number of aromatic nitrogens is 2. The fourth-order valence-corrected chi connectivity index (χ4v) is 4.24. The van der Waals surface area contributed by atoms with Crippen molar-refractivity contribution in [3.05, 3.63) is 70.7 Å². The molecule has 2 aliphatic rings. The Morgan fingerprint density at radius 1 is 1.10 bits per heavy atom. The Labute approximate surface area is 180 Å². The lowest BCUT2D eigenvalue weighted by Gasteiger charge is -2.16. The van der Waals surface area contributed by atoms with Gasteiger partial charge in [-0.15, -0.1) is 0 Å². The van der Waals surface area contributed by atoms with E-state index in [-0.39, 0.29) is 11.7 Å². The van der Waals surface area contributed by atoms with E-state index in [0.717, 1.165) is 60.6 Å². The topological polar surface area (TPSA) is 82.9 Å². The molecule has 0 amide bonds. The van der Waals surface area contributed by atoms with Gasteiger partial charge >= 0.3 is 0 Å². The maximum absolute atomic E-state index is 13.4. The lowest BCUT2D eigenvalue weighted by Crippen LogP contribution is -2.11. The van der Waals surface area contributed by atoms with Gasteiger partial charge in [-0.2, -0.15) is 10.2 Å². The number of benzene rings is 2. The van der Waals surface area contributed by atoms with Crippen LogP contribution in [0.5, 0.6) is 5.75 Å². The normalized spacial score (nSPS) is 17.5. The number of nitrogens with one attached hydrogen (secondary N) is 2. The zero-order chi connectivity index (χ0) is 21.2. The predicted molar refractivity (Wildman–Crippen MR) is 116 cm³/mol. The second-order valence-corrected chi connectivity index (χ2v) is 7.83. The van der Waals surface area contributed by atoms with Crippen LogP contribution in [0.15, 0.2) is 42.5 Å². The van der Waals surface area contributed by atoms with Gasteiger partial charge in [-0.25, -0.2) is 9.37 Å². The van der Waals surface area contributed by atoms with E-state index < -0.39 is 0 Å². The van der Waals surface area contributed by atoms with Crippen molar-refractivity contribution in [1.82, 2.24) is 9.97 Å². The van der Waals surface area contributed by atoms with Crippen LogP contribution in [-0.2, 0) is 6.42 Å². The van der Waals surface area contributed by atoms with Gasteiger partial charge in [0.05, 0.1) is 17.9 Å². The molecule has 0 saturated carbocycles. The van der Waals surface area contributed by atoms with Crippen LogP contribution in [0.3, 0.4) is 0 Å². The second kappa shape index (κ2) is 8.23. The van der Waals surface area contributed by atoms with E-state index in [9.17, 15) is 9.65 Å². The van der Waals surface area contributed by atoms with Crippen LogP contribution in [0.25, 0.3) is 0 Å².